The lowest BCUT2D eigenvalue weighted by Crippen LogP contribution is -2.43. The van der Waals surface area contributed by atoms with Crippen LogP contribution < -0.4 is 10.6 Å². The highest BCUT2D eigenvalue weighted by atomic mass is 16.5. The van der Waals surface area contributed by atoms with E-state index in [1.54, 1.807) is 0 Å². The highest BCUT2D eigenvalue weighted by molar-refractivity contribution is 4.93. The Bertz CT molecular complexity index is 200. The fraction of sp³-hybridized carbons (Fsp3) is 1.00. The van der Waals surface area contributed by atoms with Gasteiger partial charge in [0.1, 0.15) is 0 Å². The molecule has 88 valence electrons. The van der Waals surface area contributed by atoms with Gasteiger partial charge in [-0.1, -0.05) is 13.8 Å². The van der Waals surface area contributed by atoms with Crippen LogP contribution in [0.1, 0.15) is 39.5 Å². The Kier molecular flexibility index (Phi) is 3.65. The molecular weight excluding hydrogens is 188 g/mol. The molecule has 3 nitrogen and oxygen atoms in total. The molecule has 1 unspecified atom stereocenters. The van der Waals surface area contributed by atoms with Crippen molar-refractivity contribution in [2.45, 2.75) is 57.3 Å². The van der Waals surface area contributed by atoms with Gasteiger partial charge in [0.15, 0.2) is 0 Å². The third-order valence-corrected chi connectivity index (χ3v) is 3.61. The fourth-order valence-corrected chi connectivity index (χ4v) is 2.66. The van der Waals surface area contributed by atoms with Crippen molar-refractivity contribution in [3.05, 3.63) is 0 Å². The Labute approximate surface area is 93.0 Å². The van der Waals surface area contributed by atoms with Gasteiger partial charge in [-0.25, -0.2) is 0 Å². The molecule has 0 saturated carbocycles. The summed E-state index contributed by atoms with van der Waals surface area (Å²) >= 11 is 0. The lowest BCUT2D eigenvalue weighted by molar-refractivity contribution is -0.0585. The summed E-state index contributed by atoms with van der Waals surface area (Å²) in [6, 6.07) is 0.568. The van der Waals surface area contributed by atoms with E-state index in [4.69, 9.17) is 4.74 Å². The van der Waals surface area contributed by atoms with Gasteiger partial charge in [-0.15, -0.1) is 0 Å². The first-order valence-electron chi connectivity index (χ1n) is 6.32. The van der Waals surface area contributed by atoms with Crippen molar-refractivity contribution in [3.63, 3.8) is 0 Å². The third-order valence-electron chi connectivity index (χ3n) is 3.61. The maximum atomic E-state index is 6.24. The monoisotopic (exact) mass is 212 g/mol. The molecule has 2 fully saturated rings. The minimum Gasteiger partial charge on any atom is -0.370 e. The van der Waals surface area contributed by atoms with Gasteiger partial charge in [0, 0.05) is 12.6 Å². The summed E-state index contributed by atoms with van der Waals surface area (Å²) in [4.78, 5) is 0. The molecule has 0 aromatic carbocycles. The maximum Gasteiger partial charge on any atom is 0.0712 e. The number of hydrogen-bond donors (Lipinski definition) is 2. The van der Waals surface area contributed by atoms with Crippen molar-refractivity contribution in [2.24, 2.45) is 0 Å². The van der Waals surface area contributed by atoms with E-state index in [2.05, 4.69) is 24.5 Å². The summed E-state index contributed by atoms with van der Waals surface area (Å²) in [6.45, 7) is 7.66. The largest absolute Gasteiger partial charge is 0.370 e. The smallest absolute Gasteiger partial charge is 0.0712 e. The SMILES string of the molecule is CC(C)NCC1CCC2(CCNCC2)O1. The number of hydrogen-bond acceptors (Lipinski definition) is 3. The van der Waals surface area contributed by atoms with Crippen molar-refractivity contribution in [3.8, 4) is 0 Å². The molecule has 0 amide bonds. The Morgan fingerprint density at radius 1 is 1.33 bits per heavy atom. The van der Waals surface area contributed by atoms with Gasteiger partial charge in [0.25, 0.3) is 0 Å². The van der Waals surface area contributed by atoms with Crippen LogP contribution in [0.5, 0.6) is 0 Å². The molecule has 15 heavy (non-hydrogen) atoms. The van der Waals surface area contributed by atoms with Gasteiger partial charge in [-0.3, -0.25) is 0 Å². The van der Waals surface area contributed by atoms with Gasteiger partial charge in [-0.05, 0) is 38.8 Å². The Morgan fingerprint density at radius 2 is 2.07 bits per heavy atom. The molecule has 2 heterocycles. The summed E-state index contributed by atoms with van der Waals surface area (Å²) in [5, 5.41) is 6.87. The summed E-state index contributed by atoms with van der Waals surface area (Å²) in [6.07, 6.45) is 5.35. The van der Waals surface area contributed by atoms with Crippen LogP contribution in [0.15, 0.2) is 0 Å². The van der Waals surface area contributed by atoms with Gasteiger partial charge in [0.05, 0.1) is 11.7 Å². The van der Waals surface area contributed by atoms with E-state index >= 15 is 0 Å². The molecule has 1 atom stereocenters. The quantitative estimate of drug-likeness (QED) is 0.739. The number of rotatable bonds is 3. The maximum absolute atomic E-state index is 6.24. The van der Waals surface area contributed by atoms with Crippen LogP contribution >= 0.6 is 0 Å². The lowest BCUT2D eigenvalue weighted by atomic mass is 9.89. The van der Waals surface area contributed by atoms with Crippen molar-refractivity contribution in [1.82, 2.24) is 10.6 Å². The van der Waals surface area contributed by atoms with E-state index in [1.165, 1.54) is 25.7 Å². The molecule has 0 aliphatic carbocycles. The first-order valence-corrected chi connectivity index (χ1v) is 6.32. The van der Waals surface area contributed by atoms with E-state index < -0.39 is 0 Å². The van der Waals surface area contributed by atoms with Crippen LogP contribution in [0.2, 0.25) is 0 Å². The summed E-state index contributed by atoms with van der Waals surface area (Å²) in [5.74, 6) is 0. The number of ether oxygens (including phenoxy) is 1. The molecule has 2 aliphatic heterocycles. The van der Waals surface area contributed by atoms with Crippen LogP contribution in [0.4, 0.5) is 0 Å². The summed E-state index contributed by atoms with van der Waals surface area (Å²) in [7, 11) is 0. The van der Waals surface area contributed by atoms with Crippen LogP contribution in [0.3, 0.4) is 0 Å². The predicted octanol–water partition coefficient (Wildman–Crippen LogP) is 1.29. The molecular formula is C12H24N2O. The molecule has 0 aromatic heterocycles. The van der Waals surface area contributed by atoms with Crippen LogP contribution in [-0.4, -0.2) is 37.4 Å². The average molecular weight is 212 g/mol. The lowest BCUT2D eigenvalue weighted by Gasteiger charge is -2.34. The van der Waals surface area contributed by atoms with E-state index in [0.29, 0.717) is 12.1 Å². The minimum atomic E-state index is 0.231. The average Bonchev–Trinajstić information content (AvgIpc) is 2.60. The summed E-state index contributed by atoms with van der Waals surface area (Å²) in [5.41, 5.74) is 0.231. The highest BCUT2D eigenvalue weighted by Gasteiger charge is 2.40. The van der Waals surface area contributed by atoms with Crippen molar-refractivity contribution in [2.75, 3.05) is 19.6 Å². The molecule has 2 aliphatic rings. The van der Waals surface area contributed by atoms with Gasteiger partial charge < -0.3 is 15.4 Å². The minimum absolute atomic E-state index is 0.231. The van der Waals surface area contributed by atoms with Crippen LogP contribution in [-0.2, 0) is 4.74 Å². The zero-order valence-electron chi connectivity index (χ0n) is 10.0. The first kappa shape index (κ1) is 11.4. The van der Waals surface area contributed by atoms with E-state index in [9.17, 15) is 0 Å². The highest BCUT2D eigenvalue weighted by Crippen LogP contribution is 2.36. The fourth-order valence-electron chi connectivity index (χ4n) is 2.66. The van der Waals surface area contributed by atoms with E-state index in [-0.39, 0.29) is 5.60 Å². The van der Waals surface area contributed by atoms with Gasteiger partial charge in [-0.2, -0.15) is 0 Å². The molecule has 0 aromatic rings. The number of nitrogens with one attached hydrogen (secondary N) is 2. The summed E-state index contributed by atoms with van der Waals surface area (Å²) < 4.78 is 6.24. The Morgan fingerprint density at radius 3 is 2.73 bits per heavy atom. The third kappa shape index (κ3) is 2.92. The molecule has 0 bridgehead atoms. The van der Waals surface area contributed by atoms with Crippen LogP contribution in [0.25, 0.3) is 0 Å². The van der Waals surface area contributed by atoms with E-state index in [1.807, 2.05) is 0 Å². The van der Waals surface area contributed by atoms with Gasteiger partial charge in [0.2, 0.25) is 0 Å². The molecule has 2 saturated heterocycles. The topological polar surface area (TPSA) is 33.3 Å². The predicted molar refractivity (Wildman–Crippen MR) is 62.1 cm³/mol. The normalized spacial score (nSPS) is 30.2. The first-order chi connectivity index (χ1) is 7.20. The zero-order valence-corrected chi connectivity index (χ0v) is 10.0. The second-order valence-electron chi connectivity index (χ2n) is 5.27. The van der Waals surface area contributed by atoms with Crippen molar-refractivity contribution in [1.29, 1.82) is 0 Å². The number of piperidine rings is 1. The second kappa shape index (κ2) is 4.81. The zero-order chi connectivity index (χ0) is 10.7. The standard InChI is InChI=1S/C12H24N2O/c1-10(2)14-9-11-3-4-12(15-11)5-7-13-8-6-12/h10-11,13-14H,3-9H2,1-2H3. The molecule has 2 rings (SSSR count). The van der Waals surface area contributed by atoms with E-state index in [0.717, 1.165) is 19.6 Å². The molecule has 2 N–H and O–H groups in total. The van der Waals surface area contributed by atoms with Crippen molar-refractivity contribution >= 4 is 0 Å². The van der Waals surface area contributed by atoms with Gasteiger partial charge >= 0.3 is 0 Å². The molecule has 3 heteroatoms. The molecule has 1 spiro atoms. The van der Waals surface area contributed by atoms with Crippen LogP contribution in [0, 0.1) is 0 Å². The Balaban J connectivity index is 1.78. The van der Waals surface area contributed by atoms with Crippen molar-refractivity contribution < 1.29 is 4.74 Å². The second-order valence-corrected chi connectivity index (χ2v) is 5.27. The molecule has 0 radical (unpaired) electrons. The Hall–Kier alpha value is -0.120.